The van der Waals surface area contributed by atoms with Crippen molar-refractivity contribution in [3.8, 4) is 11.1 Å². The molecular formula is C14H13ClN2O3. The first-order valence-corrected chi connectivity index (χ1v) is 6.75. The molecule has 5 nitrogen and oxygen atoms in total. The van der Waals surface area contributed by atoms with Gasteiger partial charge < -0.3 is 9.26 Å². The molecule has 1 fully saturated rings. The van der Waals surface area contributed by atoms with Gasteiger partial charge in [-0.15, -0.1) is 0 Å². The minimum atomic E-state index is -0.404. The second kappa shape index (κ2) is 5.64. The summed E-state index contributed by atoms with van der Waals surface area (Å²) >= 11 is 5.86. The zero-order valence-corrected chi connectivity index (χ0v) is 11.4. The van der Waals surface area contributed by atoms with Crippen molar-refractivity contribution in [1.82, 2.24) is 5.16 Å². The molecule has 0 saturated carbocycles. The largest absolute Gasteiger partial charge is 0.368 e. The first-order valence-electron chi connectivity index (χ1n) is 6.37. The summed E-state index contributed by atoms with van der Waals surface area (Å²) in [6.45, 7) is 0.624. The first kappa shape index (κ1) is 13.1. The zero-order chi connectivity index (χ0) is 13.9. The number of hydrogen-bond acceptors (Lipinski definition) is 4. The van der Waals surface area contributed by atoms with Gasteiger partial charge in [-0.3, -0.25) is 10.1 Å². The minimum Gasteiger partial charge on any atom is -0.368 e. The Bertz CT molecular complexity index is 603. The number of aromatic nitrogens is 1. The van der Waals surface area contributed by atoms with Gasteiger partial charge in [-0.25, -0.2) is 0 Å². The lowest BCUT2D eigenvalue weighted by atomic mass is 10.1. The molecule has 2 heterocycles. The summed E-state index contributed by atoms with van der Waals surface area (Å²) in [7, 11) is 0. The number of hydrogen-bond donors (Lipinski definition) is 1. The van der Waals surface area contributed by atoms with Gasteiger partial charge in [-0.1, -0.05) is 28.9 Å². The molecule has 0 spiro atoms. The second-order valence-corrected chi connectivity index (χ2v) is 5.00. The van der Waals surface area contributed by atoms with Crippen molar-refractivity contribution in [2.75, 3.05) is 11.9 Å². The number of benzene rings is 1. The van der Waals surface area contributed by atoms with E-state index in [4.69, 9.17) is 20.9 Å². The topological polar surface area (TPSA) is 64.4 Å². The highest BCUT2D eigenvalue weighted by atomic mass is 35.5. The predicted molar refractivity (Wildman–Crippen MR) is 74.6 cm³/mol. The highest BCUT2D eigenvalue weighted by Crippen LogP contribution is 2.29. The van der Waals surface area contributed by atoms with E-state index in [-0.39, 0.29) is 5.91 Å². The van der Waals surface area contributed by atoms with Gasteiger partial charge in [0, 0.05) is 11.6 Å². The Hall–Kier alpha value is -1.85. The molecule has 2 aromatic rings. The molecule has 1 amide bonds. The SMILES string of the molecule is O=C(Nc1oncc1-c1ccc(Cl)cc1)C1CCCO1. The van der Waals surface area contributed by atoms with E-state index in [1.807, 2.05) is 12.1 Å². The molecule has 1 aliphatic rings. The Kier molecular flexibility index (Phi) is 3.71. The van der Waals surface area contributed by atoms with Gasteiger partial charge in [0.05, 0.1) is 11.8 Å². The van der Waals surface area contributed by atoms with Crippen molar-refractivity contribution >= 4 is 23.4 Å². The summed E-state index contributed by atoms with van der Waals surface area (Å²) in [5.74, 6) is 0.127. The van der Waals surface area contributed by atoms with Crippen LogP contribution in [0.4, 0.5) is 5.88 Å². The molecule has 1 atom stereocenters. The van der Waals surface area contributed by atoms with Crippen molar-refractivity contribution in [2.24, 2.45) is 0 Å². The summed E-state index contributed by atoms with van der Waals surface area (Å²) < 4.78 is 10.4. The number of nitrogens with one attached hydrogen (secondary N) is 1. The smallest absolute Gasteiger partial charge is 0.255 e. The fourth-order valence-corrected chi connectivity index (χ4v) is 2.27. The van der Waals surface area contributed by atoms with Gasteiger partial charge in [-0.05, 0) is 30.5 Å². The Morgan fingerprint density at radius 1 is 1.35 bits per heavy atom. The standard InChI is InChI=1S/C14H13ClN2O3/c15-10-5-3-9(4-6-10)11-8-16-20-14(11)17-13(18)12-2-1-7-19-12/h3-6,8,12H,1-2,7H2,(H,17,18). The Labute approximate surface area is 120 Å². The van der Waals surface area contributed by atoms with Crippen molar-refractivity contribution in [2.45, 2.75) is 18.9 Å². The van der Waals surface area contributed by atoms with Gasteiger partial charge in [0.1, 0.15) is 6.10 Å². The Morgan fingerprint density at radius 2 is 2.15 bits per heavy atom. The molecule has 1 N–H and O–H groups in total. The minimum absolute atomic E-state index is 0.200. The van der Waals surface area contributed by atoms with Crippen LogP contribution in [0.25, 0.3) is 11.1 Å². The maximum Gasteiger partial charge on any atom is 0.255 e. The van der Waals surface area contributed by atoms with Gasteiger partial charge in [0.25, 0.3) is 5.91 Å². The number of amides is 1. The van der Waals surface area contributed by atoms with Crippen LogP contribution in [-0.2, 0) is 9.53 Å². The third-order valence-corrected chi connectivity index (χ3v) is 3.44. The molecule has 1 aromatic heterocycles. The normalized spacial score (nSPS) is 18.1. The van der Waals surface area contributed by atoms with Crippen LogP contribution in [0.1, 0.15) is 12.8 Å². The summed E-state index contributed by atoms with van der Waals surface area (Å²) in [5, 5.41) is 7.10. The molecule has 20 heavy (non-hydrogen) atoms. The quantitative estimate of drug-likeness (QED) is 0.944. The molecule has 1 unspecified atom stereocenters. The highest BCUT2D eigenvalue weighted by Gasteiger charge is 2.25. The van der Waals surface area contributed by atoms with Crippen molar-refractivity contribution in [3.63, 3.8) is 0 Å². The third-order valence-electron chi connectivity index (χ3n) is 3.18. The van der Waals surface area contributed by atoms with E-state index in [0.29, 0.717) is 23.1 Å². The average molecular weight is 293 g/mol. The molecule has 0 aliphatic carbocycles. The summed E-state index contributed by atoms with van der Waals surface area (Å²) in [5.41, 5.74) is 1.59. The van der Waals surface area contributed by atoms with Crippen molar-refractivity contribution < 1.29 is 14.1 Å². The maximum atomic E-state index is 12.0. The van der Waals surface area contributed by atoms with Crippen LogP contribution in [0, 0.1) is 0 Å². The predicted octanol–water partition coefficient (Wildman–Crippen LogP) is 3.11. The van der Waals surface area contributed by atoms with Crippen LogP contribution in [-0.4, -0.2) is 23.8 Å². The van der Waals surface area contributed by atoms with Crippen LogP contribution < -0.4 is 5.32 Å². The molecular weight excluding hydrogens is 280 g/mol. The number of rotatable bonds is 3. The number of ether oxygens (including phenoxy) is 1. The van der Waals surface area contributed by atoms with Gasteiger partial charge >= 0.3 is 0 Å². The average Bonchev–Trinajstić information content (AvgIpc) is 3.10. The number of halogens is 1. The second-order valence-electron chi connectivity index (χ2n) is 4.57. The van der Waals surface area contributed by atoms with Gasteiger partial charge in [0.2, 0.25) is 5.88 Å². The van der Waals surface area contributed by atoms with E-state index in [0.717, 1.165) is 18.4 Å². The van der Waals surface area contributed by atoms with E-state index in [1.165, 1.54) is 0 Å². The van der Waals surface area contributed by atoms with Crippen LogP contribution in [0.5, 0.6) is 0 Å². The van der Waals surface area contributed by atoms with E-state index < -0.39 is 6.10 Å². The molecule has 0 radical (unpaired) electrons. The number of nitrogens with zero attached hydrogens (tertiary/aromatic N) is 1. The van der Waals surface area contributed by atoms with Crippen molar-refractivity contribution in [3.05, 3.63) is 35.5 Å². The summed E-state index contributed by atoms with van der Waals surface area (Å²) in [4.78, 5) is 12.0. The Balaban J connectivity index is 1.79. The van der Waals surface area contributed by atoms with E-state index >= 15 is 0 Å². The maximum absolute atomic E-state index is 12.0. The fraction of sp³-hybridized carbons (Fsp3) is 0.286. The van der Waals surface area contributed by atoms with Gasteiger partial charge in [-0.2, -0.15) is 0 Å². The number of carbonyl (C=O) groups excluding carboxylic acids is 1. The monoisotopic (exact) mass is 292 g/mol. The van der Waals surface area contributed by atoms with Crippen LogP contribution >= 0.6 is 11.6 Å². The Morgan fingerprint density at radius 3 is 2.85 bits per heavy atom. The van der Waals surface area contributed by atoms with E-state index in [1.54, 1.807) is 18.3 Å². The van der Waals surface area contributed by atoms with Crippen LogP contribution in [0.2, 0.25) is 5.02 Å². The number of carbonyl (C=O) groups is 1. The van der Waals surface area contributed by atoms with Crippen LogP contribution in [0.15, 0.2) is 35.0 Å². The lowest BCUT2D eigenvalue weighted by Crippen LogP contribution is -2.26. The molecule has 1 aliphatic heterocycles. The third kappa shape index (κ3) is 2.69. The van der Waals surface area contributed by atoms with E-state index in [9.17, 15) is 4.79 Å². The molecule has 1 aromatic carbocycles. The highest BCUT2D eigenvalue weighted by molar-refractivity contribution is 6.30. The fourth-order valence-electron chi connectivity index (χ4n) is 2.14. The molecule has 0 bridgehead atoms. The molecule has 3 rings (SSSR count). The van der Waals surface area contributed by atoms with Gasteiger partial charge in [0.15, 0.2) is 0 Å². The zero-order valence-electron chi connectivity index (χ0n) is 10.6. The van der Waals surface area contributed by atoms with Crippen LogP contribution in [0.3, 0.4) is 0 Å². The number of anilines is 1. The van der Waals surface area contributed by atoms with Crippen molar-refractivity contribution in [1.29, 1.82) is 0 Å². The summed E-state index contributed by atoms with van der Waals surface area (Å²) in [6.07, 6.45) is 2.79. The molecule has 1 saturated heterocycles. The first-order chi connectivity index (χ1) is 9.74. The molecule has 104 valence electrons. The molecule has 6 heteroatoms. The lowest BCUT2D eigenvalue weighted by Gasteiger charge is -2.09. The lowest BCUT2D eigenvalue weighted by molar-refractivity contribution is -0.124. The van der Waals surface area contributed by atoms with E-state index in [2.05, 4.69) is 10.5 Å². The summed E-state index contributed by atoms with van der Waals surface area (Å²) in [6, 6.07) is 7.23.